The van der Waals surface area contributed by atoms with Crippen LogP contribution in [0.25, 0.3) is 11.0 Å². The Balaban J connectivity index is 1.37. The molecule has 1 unspecified atom stereocenters. The predicted molar refractivity (Wildman–Crippen MR) is 150 cm³/mol. The van der Waals surface area contributed by atoms with Crippen molar-refractivity contribution in [1.29, 1.82) is 0 Å². The van der Waals surface area contributed by atoms with Gasteiger partial charge in [0.2, 0.25) is 12.7 Å². The van der Waals surface area contributed by atoms with Crippen molar-refractivity contribution in [3.8, 4) is 11.5 Å². The minimum Gasteiger partial charge on any atom is -0.454 e. The average Bonchev–Trinajstić information content (AvgIpc) is 3.61. The van der Waals surface area contributed by atoms with Gasteiger partial charge in [-0.15, -0.1) is 5.10 Å². The van der Waals surface area contributed by atoms with E-state index in [-0.39, 0.29) is 25.8 Å². The Labute approximate surface area is 234 Å². The first-order valence-electron chi connectivity index (χ1n) is 12.6. The van der Waals surface area contributed by atoms with Gasteiger partial charge in [-0.2, -0.15) is 0 Å². The van der Waals surface area contributed by atoms with E-state index in [1.807, 2.05) is 54.6 Å². The molecule has 1 atom stereocenters. The first-order chi connectivity index (χ1) is 19.5. The highest BCUT2D eigenvalue weighted by atomic mass is 35.5. The van der Waals surface area contributed by atoms with Crippen LogP contribution in [0, 0.1) is 0 Å². The molecule has 0 spiro atoms. The van der Waals surface area contributed by atoms with Crippen molar-refractivity contribution >= 4 is 40.1 Å². The van der Waals surface area contributed by atoms with Crippen LogP contribution in [-0.4, -0.2) is 38.5 Å². The zero-order chi connectivity index (χ0) is 27.5. The topological polar surface area (TPSA) is 98.6 Å². The molecule has 1 aliphatic rings. The molecule has 6 rings (SSSR count). The number of amides is 2. The molecule has 0 fully saturated rings. The Hall–Kier alpha value is -4.89. The maximum Gasteiger partial charge on any atom is 0.251 e. The number of para-hydroxylation sites is 1. The van der Waals surface area contributed by atoms with Gasteiger partial charge in [0.15, 0.2) is 11.5 Å². The number of anilines is 1. The molecule has 0 bridgehead atoms. The van der Waals surface area contributed by atoms with Crippen molar-refractivity contribution in [3.05, 3.63) is 113 Å². The zero-order valence-corrected chi connectivity index (χ0v) is 22.0. The quantitative estimate of drug-likeness (QED) is 0.283. The number of nitrogens with one attached hydrogen (secondary N) is 1. The molecule has 200 valence electrons. The molecule has 1 N–H and O–H groups in total. The minimum atomic E-state index is -0.981. The fourth-order valence-corrected chi connectivity index (χ4v) is 4.79. The number of benzene rings is 4. The molecule has 5 aromatic rings. The third-order valence-corrected chi connectivity index (χ3v) is 6.86. The van der Waals surface area contributed by atoms with Gasteiger partial charge in [0.1, 0.15) is 18.1 Å². The Morgan fingerprint density at radius 1 is 0.925 bits per heavy atom. The van der Waals surface area contributed by atoms with Crippen molar-refractivity contribution in [2.45, 2.75) is 19.1 Å². The summed E-state index contributed by atoms with van der Waals surface area (Å²) >= 11 is 6.18. The molecule has 4 aromatic carbocycles. The van der Waals surface area contributed by atoms with Gasteiger partial charge in [0, 0.05) is 23.3 Å². The van der Waals surface area contributed by atoms with Crippen molar-refractivity contribution in [2.24, 2.45) is 0 Å². The van der Waals surface area contributed by atoms with Gasteiger partial charge in [0.25, 0.3) is 5.91 Å². The second-order valence-electron chi connectivity index (χ2n) is 9.25. The third-order valence-electron chi connectivity index (χ3n) is 6.61. The Kier molecular flexibility index (Phi) is 7.03. The van der Waals surface area contributed by atoms with Crippen molar-refractivity contribution in [3.63, 3.8) is 0 Å². The van der Waals surface area contributed by atoms with Gasteiger partial charge < -0.3 is 19.7 Å². The molecule has 0 saturated heterocycles. The van der Waals surface area contributed by atoms with Gasteiger partial charge in [-0.3, -0.25) is 9.59 Å². The van der Waals surface area contributed by atoms with Crippen LogP contribution in [-0.2, 0) is 22.7 Å². The SMILES string of the molecule is O=C(Nc1ccc2c(c1)OCO2)C(c1ccc(Cl)cc1)N(Cc1ccccc1)C(=O)Cn1nnc2ccccc21. The molecule has 0 aliphatic carbocycles. The summed E-state index contributed by atoms with van der Waals surface area (Å²) in [5.41, 5.74) is 3.40. The van der Waals surface area contributed by atoms with Crippen LogP contribution in [0.2, 0.25) is 5.02 Å². The fraction of sp³-hybridized carbons (Fsp3) is 0.133. The first kappa shape index (κ1) is 25.4. The van der Waals surface area contributed by atoms with Crippen LogP contribution < -0.4 is 14.8 Å². The van der Waals surface area contributed by atoms with Gasteiger partial charge in [0.05, 0.1) is 5.52 Å². The number of hydrogen-bond acceptors (Lipinski definition) is 6. The maximum absolute atomic E-state index is 14.0. The summed E-state index contributed by atoms with van der Waals surface area (Å²) in [6.45, 7) is 0.208. The van der Waals surface area contributed by atoms with Crippen LogP contribution in [0.15, 0.2) is 97.1 Å². The number of carbonyl (C=O) groups is 2. The summed E-state index contributed by atoms with van der Waals surface area (Å²) in [5.74, 6) is 0.443. The van der Waals surface area contributed by atoms with E-state index < -0.39 is 11.9 Å². The van der Waals surface area contributed by atoms with E-state index in [0.29, 0.717) is 33.3 Å². The van der Waals surface area contributed by atoms with E-state index in [4.69, 9.17) is 21.1 Å². The molecule has 9 nitrogen and oxygen atoms in total. The molecule has 1 aliphatic heterocycles. The first-order valence-corrected chi connectivity index (χ1v) is 13.0. The van der Waals surface area contributed by atoms with Crippen molar-refractivity contribution in [1.82, 2.24) is 19.9 Å². The molecular formula is C30H24ClN5O4. The van der Waals surface area contributed by atoms with E-state index in [0.717, 1.165) is 11.1 Å². The van der Waals surface area contributed by atoms with Crippen LogP contribution in [0.5, 0.6) is 11.5 Å². The molecular weight excluding hydrogens is 530 g/mol. The highest BCUT2D eigenvalue weighted by molar-refractivity contribution is 6.30. The van der Waals surface area contributed by atoms with Crippen molar-refractivity contribution < 1.29 is 19.1 Å². The third kappa shape index (κ3) is 5.32. The second kappa shape index (κ2) is 11.1. The van der Waals surface area contributed by atoms with Gasteiger partial charge >= 0.3 is 0 Å². The highest BCUT2D eigenvalue weighted by Gasteiger charge is 2.32. The molecule has 40 heavy (non-hydrogen) atoms. The fourth-order valence-electron chi connectivity index (χ4n) is 4.66. The smallest absolute Gasteiger partial charge is 0.251 e. The van der Waals surface area contributed by atoms with Crippen LogP contribution in [0.4, 0.5) is 5.69 Å². The number of nitrogens with zero attached hydrogens (tertiary/aromatic N) is 4. The molecule has 0 radical (unpaired) electrons. The second-order valence-corrected chi connectivity index (χ2v) is 9.69. The Morgan fingerprint density at radius 3 is 2.50 bits per heavy atom. The van der Waals surface area contributed by atoms with Crippen molar-refractivity contribution in [2.75, 3.05) is 12.1 Å². The normalized spacial score (nSPS) is 12.7. The summed E-state index contributed by atoms with van der Waals surface area (Å²) in [4.78, 5) is 29.6. The number of carbonyl (C=O) groups excluding carboxylic acids is 2. The summed E-state index contributed by atoms with van der Waals surface area (Å²) in [7, 11) is 0. The van der Waals surface area contributed by atoms with Crippen LogP contribution >= 0.6 is 11.6 Å². The summed E-state index contributed by atoms with van der Waals surface area (Å²) in [6, 6.07) is 28.0. The van der Waals surface area contributed by atoms with E-state index in [9.17, 15) is 9.59 Å². The number of ether oxygens (including phenoxy) is 2. The lowest BCUT2D eigenvalue weighted by atomic mass is 10.0. The monoisotopic (exact) mass is 553 g/mol. The Bertz CT molecular complexity index is 1670. The lowest BCUT2D eigenvalue weighted by Gasteiger charge is -2.31. The number of aromatic nitrogens is 3. The summed E-state index contributed by atoms with van der Waals surface area (Å²) in [6.07, 6.45) is 0. The lowest BCUT2D eigenvalue weighted by molar-refractivity contribution is -0.140. The largest absolute Gasteiger partial charge is 0.454 e. The number of hydrogen-bond donors (Lipinski definition) is 1. The van der Waals surface area contributed by atoms with Gasteiger partial charge in [-0.1, -0.05) is 71.4 Å². The minimum absolute atomic E-state index is 0.102. The summed E-state index contributed by atoms with van der Waals surface area (Å²) in [5, 5.41) is 11.8. The molecule has 10 heteroatoms. The van der Waals surface area contributed by atoms with Gasteiger partial charge in [-0.25, -0.2) is 4.68 Å². The molecule has 2 heterocycles. The number of fused-ring (bicyclic) bond motifs is 2. The lowest BCUT2D eigenvalue weighted by Crippen LogP contribution is -2.42. The van der Waals surface area contributed by atoms with Gasteiger partial charge in [-0.05, 0) is 47.5 Å². The number of halogens is 1. The van der Waals surface area contributed by atoms with E-state index in [1.54, 1.807) is 52.0 Å². The predicted octanol–water partition coefficient (Wildman–Crippen LogP) is 5.22. The maximum atomic E-state index is 14.0. The Morgan fingerprint density at radius 2 is 1.68 bits per heavy atom. The highest BCUT2D eigenvalue weighted by Crippen LogP contribution is 2.35. The molecule has 0 saturated carbocycles. The molecule has 2 amide bonds. The van der Waals surface area contributed by atoms with Crippen LogP contribution in [0.1, 0.15) is 17.2 Å². The van der Waals surface area contributed by atoms with E-state index in [1.165, 1.54) is 0 Å². The van der Waals surface area contributed by atoms with Crippen LogP contribution in [0.3, 0.4) is 0 Å². The molecule has 1 aromatic heterocycles. The zero-order valence-electron chi connectivity index (χ0n) is 21.2. The summed E-state index contributed by atoms with van der Waals surface area (Å²) < 4.78 is 12.4. The van der Waals surface area contributed by atoms with E-state index in [2.05, 4.69) is 15.6 Å². The average molecular weight is 554 g/mol. The number of rotatable bonds is 8. The standard InChI is InChI=1S/C30H24ClN5O4/c31-22-12-10-21(11-13-22)29(30(38)32-23-14-15-26-27(16-23)40-19-39-26)35(17-20-6-2-1-3-7-20)28(37)18-36-25-9-5-4-8-24(25)33-34-36/h1-16,29H,17-19H2,(H,32,38). The van der Waals surface area contributed by atoms with E-state index >= 15 is 0 Å².